The highest BCUT2D eigenvalue weighted by molar-refractivity contribution is 5.85. The Morgan fingerprint density at radius 1 is 1.25 bits per heavy atom. The molecule has 1 heterocycles. The number of para-hydroxylation sites is 1. The number of rotatable bonds is 6. The van der Waals surface area contributed by atoms with Crippen LogP contribution in [-0.4, -0.2) is 23.2 Å². The lowest BCUT2D eigenvalue weighted by Crippen LogP contribution is -3.10. The highest BCUT2D eigenvalue weighted by Crippen LogP contribution is 2.23. The van der Waals surface area contributed by atoms with Crippen molar-refractivity contribution >= 4 is 10.9 Å². The molecule has 0 saturated heterocycles. The molecule has 0 bridgehead atoms. The maximum Gasteiger partial charge on any atom is 0.261 e. The number of benzene rings is 1. The van der Waals surface area contributed by atoms with Crippen molar-refractivity contribution in [1.82, 2.24) is 4.98 Å². The standard InChI is InChI=1S/C16H22N2O2/c1-3-5-10-18(4-2)11-13-15(19)12-8-6-7-9-14(12)17-16(13)20/h6-9H,3-5,10-11H2,1-2H3,(H2,17,19,20)/p+1. The number of unbranched alkanes of at least 4 members (excludes halogenated alkanes) is 1. The van der Waals surface area contributed by atoms with Gasteiger partial charge in [-0.2, -0.15) is 0 Å². The fourth-order valence-electron chi connectivity index (χ4n) is 2.50. The van der Waals surface area contributed by atoms with Crippen LogP contribution in [0, 0.1) is 0 Å². The lowest BCUT2D eigenvalue weighted by Gasteiger charge is -2.18. The smallest absolute Gasteiger partial charge is 0.261 e. The Morgan fingerprint density at radius 2 is 2.00 bits per heavy atom. The van der Waals surface area contributed by atoms with Crippen molar-refractivity contribution in [3.8, 4) is 5.75 Å². The van der Waals surface area contributed by atoms with E-state index in [0.29, 0.717) is 23.0 Å². The highest BCUT2D eigenvalue weighted by Gasteiger charge is 2.16. The van der Waals surface area contributed by atoms with Crippen LogP contribution in [0.2, 0.25) is 0 Å². The molecule has 0 fully saturated rings. The van der Waals surface area contributed by atoms with Crippen molar-refractivity contribution in [3.63, 3.8) is 0 Å². The number of quaternary nitrogens is 1. The number of fused-ring (bicyclic) bond motifs is 1. The molecule has 20 heavy (non-hydrogen) atoms. The molecule has 4 nitrogen and oxygen atoms in total. The fourth-order valence-corrected chi connectivity index (χ4v) is 2.50. The first kappa shape index (κ1) is 14.6. The van der Waals surface area contributed by atoms with Crippen LogP contribution < -0.4 is 10.5 Å². The third-order valence-electron chi connectivity index (χ3n) is 3.80. The molecule has 1 atom stereocenters. The second kappa shape index (κ2) is 6.57. The zero-order valence-electron chi connectivity index (χ0n) is 12.2. The Balaban J connectivity index is 2.36. The summed E-state index contributed by atoms with van der Waals surface area (Å²) in [7, 11) is 0. The number of H-pyrrole nitrogens is 1. The molecule has 0 radical (unpaired) electrons. The normalized spacial score (nSPS) is 12.7. The predicted octanol–water partition coefficient (Wildman–Crippen LogP) is 1.44. The molecule has 3 N–H and O–H groups in total. The van der Waals surface area contributed by atoms with Gasteiger partial charge in [0.25, 0.3) is 5.56 Å². The minimum Gasteiger partial charge on any atom is -0.507 e. The lowest BCUT2D eigenvalue weighted by atomic mass is 10.1. The number of aromatic nitrogens is 1. The van der Waals surface area contributed by atoms with Crippen LogP contribution in [0.1, 0.15) is 32.3 Å². The first-order valence-corrected chi connectivity index (χ1v) is 7.33. The summed E-state index contributed by atoms with van der Waals surface area (Å²) < 4.78 is 0. The van der Waals surface area contributed by atoms with Gasteiger partial charge in [0.1, 0.15) is 17.9 Å². The van der Waals surface area contributed by atoms with E-state index in [-0.39, 0.29) is 11.3 Å². The minimum atomic E-state index is -0.177. The average molecular weight is 275 g/mol. The Labute approximate surface area is 119 Å². The quantitative estimate of drug-likeness (QED) is 0.747. The van der Waals surface area contributed by atoms with Crippen molar-refractivity contribution in [2.24, 2.45) is 0 Å². The van der Waals surface area contributed by atoms with E-state index in [9.17, 15) is 9.90 Å². The van der Waals surface area contributed by atoms with Gasteiger partial charge in [0, 0.05) is 5.39 Å². The first-order valence-electron chi connectivity index (χ1n) is 7.33. The van der Waals surface area contributed by atoms with Crippen LogP contribution >= 0.6 is 0 Å². The Kier molecular flexibility index (Phi) is 4.79. The maximum absolute atomic E-state index is 12.2. The third kappa shape index (κ3) is 3.02. The van der Waals surface area contributed by atoms with Crippen LogP contribution in [0.15, 0.2) is 29.1 Å². The van der Waals surface area contributed by atoms with E-state index in [1.165, 1.54) is 4.90 Å². The number of hydrogen-bond acceptors (Lipinski definition) is 2. The molecule has 0 amide bonds. The molecule has 1 aromatic carbocycles. The van der Waals surface area contributed by atoms with Crippen LogP contribution in [0.5, 0.6) is 5.75 Å². The van der Waals surface area contributed by atoms with Crippen LogP contribution in [0.3, 0.4) is 0 Å². The van der Waals surface area contributed by atoms with E-state index in [0.717, 1.165) is 25.9 Å². The molecule has 1 unspecified atom stereocenters. The lowest BCUT2D eigenvalue weighted by molar-refractivity contribution is -0.912. The van der Waals surface area contributed by atoms with E-state index in [1.54, 1.807) is 0 Å². The molecule has 4 heteroatoms. The first-order chi connectivity index (χ1) is 9.67. The molecule has 0 aliphatic rings. The monoisotopic (exact) mass is 275 g/mol. The molecule has 0 aliphatic heterocycles. The van der Waals surface area contributed by atoms with Crippen LogP contribution in [0.4, 0.5) is 0 Å². The Hall–Kier alpha value is -1.81. The van der Waals surface area contributed by atoms with Gasteiger partial charge < -0.3 is 15.0 Å². The number of pyridine rings is 1. The summed E-state index contributed by atoms with van der Waals surface area (Å²) in [5, 5.41) is 11.1. The summed E-state index contributed by atoms with van der Waals surface area (Å²) in [4.78, 5) is 16.3. The predicted molar refractivity (Wildman–Crippen MR) is 81.2 cm³/mol. The van der Waals surface area contributed by atoms with Crippen LogP contribution in [0.25, 0.3) is 10.9 Å². The van der Waals surface area contributed by atoms with Gasteiger partial charge in [0.05, 0.1) is 18.6 Å². The summed E-state index contributed by atoms with van der Waals surface area (Å²) in [5.74, 6) is 0.131. The summed E-state index contributed by atoms with van der Waals surface area (Å²) in [6, 6.07) is 7.36. The summed E-state index contributed by atoms with van der Waals surface area (Å²) in [5.41, 5.74) is 1.01. The van der Waals surface area contributed by atoms with Gasteiger partial charge in [-0.05, 0) is 25.5 Å². The van der Waals surface area contributed by atoms with Crippen molar-refractivity contribution < 1.29 is 10.0 Å². The van der Waals surface area contributed by atoms with Crippen molar-refractivity contribution in [1.29, 1.82) is 0 Å². The van der Waals surface area contributed by atoms with Crippen molar-refractivity contribution in [2.45, 2.75) is 33.2 Å². The van der Waals surface area contributed by atoms with E-state index < -0.39 is 0 Å². The highest BCUT2D eigenvalue weighted by atomic mass is 16.3. The van der Waals surface area contributed by atoms with Gasteiger partial charge in [-0.1, -0.05) is 25.5 Å². The van der Waals surface area contributed by atoms with Gasteiger partial charge >= 0.3 is 0 Å². The van der Waals surface area contributed by atoms with Gasteiger partial charge in [-0.15, -0.1) is 0 Å². The number of aromatic hydroxyl groups is 1. The number of nitrogens with one attached hydrogen (secondary N) is 2. The molecule has 0 spiro atoms. The van der Waals surface area contributed by atoms with Gasteiger partial charge in [-0.25, -0.2) is 0 Å². The summed E-state index contributed by atoms with van der Waals surface area (Å²) in [6.45, 7) is 6.82. The topological polar surface area (TPSA) is 57.5 Å². The van der Waals surface area contributed by atoms with Gasteiger partial charge in [0.15, 0.2) is 0 Å². The maximum atomic E-state index is 12.2. The number of aromatic amines is 1. The minimum absolute atomic E-state index is 0.131. The van der Waals surface area contributed by atoms with Crippen LogP contribution in [-0.2, 0) is 6.54 Å². The second-order valence-electron chi connectivity index (χ2n) is 5.21. The third-order valence-corrected chi connectivity index (χ3v) is 3.80. The second-order valence-corrected chi connectivity index (χ2v) is 5.21. The zero-order valence-corrected chi connectivity index (χ0v) is 12.2. The van der Waals surface area contributed by atoms with E-state index in [4.69, 9.17) is 0 Å². The largest absolute Gasteiger partial charge is 0.507 e. The summed E-state index contributed by atoms with van der Waals surface area (Å²) in [6.07, 6.45) is 2.28. The molecule has 2 aromatic rings. The molecule has 108 valence electrons. The Bertz CT molecular complexity index is 634. The Morgan fingerprint density at radius 3 is 2.70 bits per heavy atom. The fraction of sp³-hybridized carbons (Fsp3) is 0.438. The molecule has 0 aliphatic carbocycles. The SMILES string of the molecule is CCCC[NH+](CC)Cc1c(O)c2ccccc2[nH]c1=O. The average Bonchev–Trinajstić information content (AvgIpc) is 2.46. The molecule has 1 aromatic heterocycles. The molecule has 2 rings (SSSR count). The van der Waals surface area contributed by atoms with Gasteiger partial charge in [-0.3, -0.25) is 4.79 Å². The molecule has 0 saturated carbocycles. The van der Waals surface area contributed by atoms with E-state index in [1.807, 2.05) is 24.3 Å². The molecular formula is C16H23N2O2+. The van der Waals surface area contributed by atoms with E-state index >= 15 is 0 Å². The zero-order chi connectivity index (χ0) is 14.5. The summed E-state index contributed by atoms with van der Waals surface area (Å²) >= 11 is 0. The number of hydrogen-bond donors (Lipinski definition) is 3. The van der Waals surface area contributed by atoms with Gasteiger partial charge in [0.2, 0.25) is 0 Å². The van der Waals surface area contributed by atoms with E-state index in [2.05, 4.69) is 18.8 Å². The molecular weight excluding hydrogens is 252 g/mol. The van der Waals surface area contributed by atoms with Crippen molar-refractivity contribution in [2.75, 3.05) is 13.1 Å². The van der Waals surface area contributed by atoms with Crippen molar-refractivity contribution in [3.05, 3.63) is 40.2 Å².